The Morgan fingerprint density at radius 1 is 1.13 bits per heavy atom. The van der Waals surface area contributed by atoms with Crippen LogP contribution >= 0.6 is 15.9 Å². The van der Waals surface area contributed by atoms with Crippen LogP contribution in [0, 0.1) is 12.8 Å². The lowest BCUT2D eigenvalue weighted by Gasteiger charge is -2.22. The van der Waals surface area contributed by atoms with E-state index in [0.29, 0.717) is 5.92 Å². The molecule has 0 aliphatic heterocycles. The third-order valence-corrected chi connectivity index (χ3v) is 4.36. The molecule has 0 aliphatic carbocycles. The number of halogens is 1. The molecule has 1 amide bonds. The molecule has 0 spiro atoms. The molecule has 0 unspecified atom stereocenters. The zero-order valence-corrected chi connectivity index (χ0v) is 15.4. The molecule has 0 bridgehead atoms. The van der Waals surface area contributed by atoms with Crippen LogP contribution < -0.4 is 10.6 Å². The molecule has 122 valence electrons. The number of benzene rings is 2. The first-order valence-electron chi connectivity index (χ1n) is 7.81. The van der Waals surface area contributed by atoms with Gasteiger partial charge in [0.25, 0.3) is 0 Å². The summed E-state index contributed by atoms with van der Waals surface area (Å²) in [5, 5.41) is 6.29. The Morgan fingerprint density at radius 2 is 1.83 bits per heavy atom. The second-order valence-corrected chi connectivity index (χ2v) is 6.90. The lowest BCUT2D eigenvalue weighted by molar-refractivity contribution is -0.115. The highest BCUT2D eigenvalue weighted by atomic mass is 79.9. The molecule has 23 heavy (non-hydrogen) atoms. The normalized spacial score (nSPS) is 12.2. The molecule has 0 saturated heterocycles. The van der Waals surface area contributed by atoms with Gasteiger partial charge < -0.3 is 10.6 Å². The van der Waals surface area contributed by atoms with Gasteiger partial charge in [0.05, 0.1) is 12.2 Å². The van der Waals surface area contributed by atoms with Crippen molar-refractivity contribution >= 4 is 27.5 Å². The van der Waals surface area contributed by atoms with Crippen LogP contribution in [-0.2, 0) is 4.79 Å². The number of carbonyl (C=O) groups is 1. The quantitative estimate of drug-likeness (QED) is 0.770. The second kappa shape index (κ2) is 8.27. The number of hydrogen-bond donors (Lipinski definition) is 2. The van der Waals surface area contributed by atoms with Gasteiger partial charge in [-0.05, 0) is 52.0 Å². The van der Waals surface area contributed by atoms with Crippen LogP contribution in [0.25, 0.3) is 0 Å². The van der Waals surface area contributed by atoms with Crippen LogP contribution in [0.2, 0.25) is 0 Å². The van der Waals surface area contributed by atoms with E-state index in [2.05, 4.69) is 52.5 Å². The number of nitrogens with one attached hydrogen (secondary N) is 2. The van der Waals surface area contributed by atoms with Crippen molar-refractivity contribution in [2.24, 2.45) is 5.92 Å². The van der Waals surface area contributed by atoms with Crippen molar-refractivity contribution < 1.29 is 4.79 Å². The Kier molecular flexibility index (Phi) is 6.37. The van der Waals surface area contributed by atoms with Gasteiger partial charge in [-0.25, -0.2) is 0 Å². The predicted molar refractivity (Wildman–Crippen MR) is 99.5 cm³/mol. The summed E-state index contributed by atoms with van der Waals surface area (Å²) in [5.41, 5.74) is 3.15. The van der Waals surface area contributed by atoms with E-state index in [1.807, 2.05) is 43.3 Å². The molecule has 0 saturated carbocycles. The Hall–Kier alpha value is -1.65. The van der Waals surface area contributed by atoms with E-state index in [4.69, 9.17) is 0 Å². The lowest BCUT2D eigenvalue weighted by atomic mass is 9.96. The van der Waals surface area contributed by atoms with Crippen LogP contribution in [0.15, 0.2) is 53.0 Å². The van der Waals surface area contributed by atoms with Crippen molar-refractivity contribution in [3.05, 3.63) is 64.1 Å². The second-order valence-electron chi connectivity index (χ2n) is 6.04. The van der Waals surface area contributed by atoms with Gasteiger partial charge in [0, 0.05) is 10.5 Å². The van der Waals surface area contributed by atoms with Gasteiger partial charge in [0.15, 0.2) is 0 Å². The highest BCUT2D eigenvalue weighted by Gasteiger charge is 2.16. The third kappa shape index (κ3) is 5.19. The van der Waals surface area contributed by atoms with Crippen LogP contribution in [-0.4, -0.2) is 12.5 Å². The van der Waals surface area contributed by atoms with E-state index in [0.717, 1.165) is 15.7 Å². The molecule has 0 heterocycles. The van der Waals surface area contributed by atoms with Crippen molar-refractivity contribution in [2.75, 3.05) is 11.9 Å². The highest BCUT2D eigenvalue weighted by Crippen LogP contribution is 2.24. The fourth-order valence-corrected chi connectivity index (χ4v) is 3.11. The van der Waals surface area contributed by atoms with Crippen LogP contribution in [0.3, 0.4) is 0 Å². The topological polar surface area (TPSA) is 41.1 Å². The summed E-state index contributed by atoms with van der Waals surface area (Å²) in [7, 11) is 0. The number of hydrogen-bond acceptors (Lipinski definition) is 2. The van der Waals surface area contributed by atoms with Crippen LogP contribution in [0.4, 0.5) is 5.69 Å². The van der Waals surface area contributed by atoms with E-state index in [-0.39, 0.29) is 18.5 Å². The molecule has 2 N–H and O–H groups in total. The number of carbonyl (C=O) groups excluding carboxylic acids is 1. The van der Waals surface area contributed by atoms with E-state index in [1.54, 1.807) is 0 Å². The third-order valence-electron chi connectivity index (χ3n) is 3.71. The maximum atomic E-state index is 12.2. The minimum absolute atomic E-state index is 0.0452. The van der Waals surface area contributed by atoms with E-state index in [9.17, 15) is 4.79 Å². The molecule has 0 fully saturated rings. The molecular formula is C19H23BrN2O. The van der Waals surface area contributed by atoms with E-state index < -0.39 is 0 Å². The van der Waals surface area contributed by atoms with Gasteiger partial charge in [-0.1, -0.05) is 50.2 Å². The molecule has 4 heteroatoms. The summed E-state index contributed by atoms with van der Waals surface area (Å²) in [5.74, 6) is 0.354. The minimum Gasteiger partial charge on any atom is -0.324 e. The Morgan fingerprint density at radius 3 is 2.43 bits per heavy atom. The van der Waals surface area contributed by atoms with E-state index >= 15 is 0 Å². The summed E-state index contributed by atoms with van der Waals surface area (Å²) in [6.45, 7) is 6.60. The van der Waals surface area contributed by atoms with Gasteiger partial charge in [-0.2, -0.15) is 0 Å². The molecule has 2 aromatic carbocycles. The van der Waals surface area contributed by atoms with Crippen molar-refractivity contribution in [1.82, 2.24) is 5.32 Å². The largest absolute Gasteiger partial charge is 0.324 e. The summed E-state index contributed by atoms with van der Waals surface area (Å²) >= 11 is 3.48. The fraction of sp³-hybridized carbons (Fsp3) is 0.316. The van der Waals surface area contributed by atoms with Crippen molar-refractivity contribution in [3.63, 3.8) is 0 Å². The Bertz CT molecular complexity index is 656. The maximum absolute atomic E-state index is 12.2. The first-order valence-corrected chi connectivity index (χ1v) is 8.61. The number of aryl methyl sites for hydroxylation is 1. The molecule has 0 radical (unpaired) electrons. The van der Waals surface area contributed by atoms with Crippen LogP contribution in [0.1, 0.15) is 31.0 Å². The average Bonchev–Trinajstić information content (AvgIpc) is 2.51. The van der Waals surface area contributed by atoms with Crippen molar-refractivity contribution in [3.8, 4) is 0 Å². The van der Waals surface area contributed by atoms with Crippen molar-refractivity contribution in [2.45, 2.75) is 26.8 Å². The summed E-state index contributed by atoms with van der Waals surface area (Å²) in [6.07, 6.45) is 0. The zero-order valence-electron chi connectivity index (χ0n) is 13.8. The first-order chi connectivity index (χ1) is 11.0. The maximum Gasteiger partial charge on any atom is 0.238 e. The molecule has 2 aromatic rings. The highest BCUT2D eigenvalue weighted by molar-refractivity contribution is 9.10. The van der Waals surface area contributed by atoms with Gasteiger partial charge in [0.2, 0.25) is 5.91 Å². The zero-order chi connectivity index (χ0) is 16.8. The van der Waals surface area contributed by atoms with Gasteiger partial charge in [0.1, 0.15) is 0 Å². The summed E-state index contributed by atoms with van der Waals surface area (Å²) < 4.78 is 0.898. The Balaban J connectivity index is 1.97. The van der Waals surface area contributed by atoms with Gasteiger partial charge in [-0.3, -0.25) is 4.79 Å². The Labute approximate surface area is 146 Å². The minimum atomic E-state index is -0.0452. The molecule has 0 aliphatic rings. The monoisotopic (exact) mass is 374 g/mol. The van der Waals surface area contributed by atoms with Crippen LogP contribution in [0.5, 0.6) is 0 Å². The summed E-state index contributed by atoms with van der Waals surface area (Å²) in [4.78, 5) is 12.2. The summed E-state index contributed by atoms with van der Waals surface area (Å²) in [6, 6.07) is 16.3. The predicted octanol–water partition coefficient (Wildman–Crippen LogP) is 4.68. The SMILES string of the molecule is Cc1ccc(NC(=O)CN[C@@H](c2ccccc2)C(C)C)c(Br)c1. The smallest absolute Gasteiger partial charge is 0.238 e. The molecule has 1 atom stereocenters. The fourth-order valence-electron chi connectivity index (χ4n) is 2.52. The number of rotatable bonds is 6. The molecular weight excluding hydrogens is 352 g/mol. The standard InChI is InChI=1S/C19H23BrN2O/c1-13(2)19(15-7-5-4-6-8-15)21-12-18(23)22-17-10-9-14(3)11-16(17)20/h4-11,13,19,21H,12H2,1-3H3,(H,22,23)/t19-/m1/s1. The first kappa shape index (κ1) is 17.7. The molecule has 2 rings (SSSR count). The van der Waals surface area contributed by atoms with E-state index in [1.165, 1.54) is 5.56 Å². The van der Waals surface area contributed by atoms with Gasteiger partial charge in [-0.15, -0.1) is 0 Å². The lowest BCUT2D eigenvalue weighted by Crippen LogP contribution is -2.33. The molecule has 3 nitrogen and oxygen atoms in total. The van der Waals surface area contributed by atoms with Crippen molar-refractivity contribution in [1.29, 1.82) is 0 Å². The van der Waals surface area contributed by atoms with Gasteiger partial charge >= 0.3 is 0 Å². The number of anilines is 1. The number of amides is 1. The molecule has 0 aromatic heterocycles. The average molecular weight is 375 g/mol.